The summed E-state index contributed by atoms with van der Waals surface area (Å²) in [5.41, 5.74) is 2.74. The molecule has 0 saturated carbocycles. The number of carbonyl (C=O) groups is 2. The number of methoxy groups -OCH3 is 3. The topological polar surface area (TPSA) is 91.7 Å². The lowest BCUT2D eigenvalue weighted by Crippen LogP contribution is -2.26. The molecular weight excluding hydrogens is 326 g/mol. The van der Waals surface area contributed by atoms with Crippen molar-refractivity contribution in [2.75, 3.05) is 26.6 Å². The highest BCUT2D eigenvalue weighted by atomic mass is 16.7. The van der Waals surface area contributed by atoms with Crippen LogP contribution < -0.4 is 5.32 Å². The zero-order chi connectivity index (χ0) is 18.6. The van der Waals surface area contributed by atoms with Crippen LogP contribution in [0, 0.1) is 13.8 Å². The van der Waals surface area contributed by atoms with E-state index >= 15 is 0 Å². The number of ether oxygens (including phenoxy) is 3. The first-order valence-electron chi connectivity index (χ1n) is 7.54. The van der Waals surface area contributed by atoms with Gasteiger partial charge in [0.2, 0.25) is 6.29 Å². The van der Waals surface area contributed by atoms with Crippen molar-refractivity contribution in [1.82, 2.24) is 9.78 Å². The van der Waals surface area contributed by atoms with Crippen LogP contribution in [-0.4, -0.2) is 43.1 Å². The molecule has 1 aromatic heterocycles. The second-order valence-corrected chi connectivity index (χ2v) is 5.35. The molecule has 1 heterocycles. The maximum atomic E-state index is 12.7. The van der Waals surface area contributed by atoms with E-state index in [1.807, 2.05) is 32.0 Å². The predicted molar refractivity (Wildman–Crippen MR) is 90.7 cm³/mol. The van der Waals surface area contributed by atoms with Crippen molar-refractivity contribution in [3.63, 3.8) is 0 Å². The van der Waals surface area contributed by atoms with Gasteiger partial charge in [-0.3, -0.25) is 0 Å². The van der Waals surface area contributed by atoms with Crippen LogP contribution in [0.3, 0.4) is 0 Å². The first-order chi connectivity index (χ1) is 11.9. The number of esters is 1. The predicted octanol–water partition coefficient (Wildman–Crippen LogP) is 2.66. The summed E-state index contributed by atoms with van der Waals surface area (Å²) in [6.07, 6.45) is 0.288. The Morgan fingerprint density at radius 1 is 1.12 bits per heavy atom. The zero-order valence-corrected chi connectivity index (χ0v) is 14.8. The third-order valence-electron chi connectivity index (χ3n) is 3.77. The van der Waals surface area contributed by atoms with Crippen LogP contribution in [0.1, 0.15) is 33.5 Å². The minimum Gasteiger partial charge on any atom is -0.465 e. The lowest BCUT2D eigenvalue weighted by Gasteiger charge is -2.17. The van der Waals surface area contributed by atoms with Gasteiger partial charge in [0.15, 0.2) is 0 Å². The molecule has 2 rings (SSSR count). The molecule has 8 heteroatoms. The molecule has 0 saturated heterocycles. The minimum absolute atomic E-state index is 0.0906. The summed E-state index contributed by atoms with van der Waals surface area (Å²) in [6, 6.07) is 5.14. The minimum atomic E-state index is -0.958. The summed E-state index contributed by atoms with van der Waals surface area (Å²) < 4.78 is 16.2. The van der Waals surface area contributed by atoms with Gasteiger partial charge in [-0.15, -0.1) is 0 Å². The quantitative estimate of drug-likeness (QED) is 0.660. The molecule has 134 valence electrons. The van der Waals surface area contributed by atoms with Gasteiger partial charge < -0.3 is 19.5 Å². The number of rotatable bonds is 5. The Balaban J connectivity index is 2.46. The van der Waals surface area contributed by atoms with Crippen LogP contribution in [0.15, 0.2) is 24.4 Å². The largest absolute Gasteiger partial charge is 0.465 e. The van der Waals surface area contributed by atoms with Gasteiger partial charge in [-0.1, -0.05) is 18.2 Å². The van der Waals surface area contributed by atoms with Crippen LogP contribution in [0.4, 0.5) is 10.5 Å². The number of benzene rings is 1. The molecule has 0 aliphatic rings. The van der Waals surface area contributed by atoms with Gasteiger partial charge in [0.05, 0.1) is 13.3 Å². The first-order valence-corrected chi connectivity index (χ1v) is 7.54. The standard InChI is InChI=1S/C17H21N3O5/c1-10-7-6-8-11(2)13(10)19-17(22)20-14(16(24-4)25-5)12(9-18-20)15(21)23-3/h6-9,16H,1-5H3,(H,19,22). The van der Waals surface area contributed by atoms with E-state index in [2.05, 4.69) is 10.4 Å². The van der Waals surface area contributed by atoms with Crippen molar-refractivity contribution in [1.29, 1.82) is 0 Å². The Labute approximate surface area is 145 Å². The number of anilines is 1. The molecule has 25 heavy (non-hydrogen) atoms. The van der Waals surface area contributed by atoms with Crippen molar-refractivity contribution < 1.29 is 23.8 Å². The van der Waals surface area contributed by atoms with Crippen LogP contribution in [0.5, 0.6) is 0 Å². The van der Waals surface area contributed by atoms with E-state index in [-0.39, 0.29) is 11.3 Å². The Bertz CT molecular complexity index is 760. The Kier molecular flexibility index (Phi) is 5.89. The van der Waals surface area contributed by atoms with E-state index in [0.717, 1.165) is 15.8 Å². The third-order valence-corrected chi connectivity index (χ3v) is 3.77. The molecule has 0 aliphatic heterocycles. The number of hydrogen-bond donors (Lipinski definition) is 1. The van der Waals surface area contributed by atoms with E-state index < -0.39 is 18.3 Å². The van der Waals surface area contributed by atoms with E-state index in [4.69, 9.17) is 14.2 Å². The van der Waals surface area contributed by atoms with Gasteiger partial charge in [-0.25, -0.2) is 9.59 Å². The summed E-state index contributed by atoms with van der Waals surface area (Å²) in [7, 11) is 4.04. The fourth-order valence-electron chi connectivity index (χ4n) is 2.50. The molecule has 8 nitrogen and oxygen atoms in total. The summed E-state index contributed by atoms with van der Waals surface area (Å²) >= 11 is 0. The molecule has 0 atom stereocenters. The number of aryl methyl sites for hydroxylation is 2. The smallest absolute Gasteiger partial charge is 0.346 e. The molecule has 0 fully saturated rings. The average molecular weight is 347 g/mol. The highest BCUT2D eigenvalue weighted by Gasteiger charge is 2.28. The summed E-state index contributed by atoms with van der Waals surface area (Å²) in [5.74, 6) is -0.639. The fraction of sp³-hybridized carbons (Fsp3) is 0.353. The van der Waals surface area contributed by atoms with Crippen molar-refractivity contribution in [3.8, 4) is 0 Å². The Hall–Kier alpha value is -2.71. The van der Waals surface area contributed by atoms with Crippen molar-refractivity contribution in [2.45, 2.75) is 20.1 Å². The van der Waals surface area contributed by atoms with Crippen molar-refractivity contribution in [3.05, 3.63) is 46.8 Å². The SMILES string of the molecule is COC(=O)c1cnn(C(=O)Nc2c(C)cccc2C)c1C(OC)OC. The lowest BCUT2D eigenvalue weighted by atomic mass is 10.1. The van der Waals surface area contributed by atoms with E-state index in [9.17, 15) is 9.59 Å². The Morgan fingerprint density at radius 2 is 1.72 bits per heavy atom. The van der Waals surface area contributed by atoms with Gasteiger partial charge in [0.1, 0.15) is 11.3 Å². The lowest BCUT2D eigenvalue weighted by molar-refractivity contribution is -0.110. The third kappa shape index (κ3) is 3.70. The summed E-state index contributed by atoms with van der Waals surface area (Å²) in [6.45, 7) is 3.78. The van der Waals surface area contributed by atoms with E-state index in [1.165, 1.54) is 27.5 Å². The number of aromatic nitrogens is 2. The summed E-state index contributed by atoms with van der Waals surface area (Å²) in [5, 5.41) is 6.81. The highest BCUT2D eigenvalue weighted by molar-refractivity contribution is 5.96. The highest BCUT2D eigenvalue weighted by Crippen LogP contribution is 2.24. The fourth-order valence-corrected chi connectivity index (χ4v) is 2.50. The second-order valence-electron chi connectivity index (χ2n) is 5.35. The van der Waals surface area contributed by atoms with Gasteiger partial charge in [0, 0.05) is 19.9 Å². The van der Waals surface area contributed by atoms with Crippen LogP contribution >= 0.6 is 0 Å². The molecule has 0 unspecified atom stereocenters. The maximum Gasteiger partial charge on any atom is 0.346 e. The van der Waals surface area contributed by atoms with Crippen LogP contribution in [-0.2, 0) is 14.2 Å². The number of nitrogens with zero attached hydrogens (tertiary/aromatic N) is 2. The number of hydrogen-bond acceptors (Lipinski definition) is 6. The monoisotopic (exact) mass is 347 g/mol. The Morgan fingerprint density at radius 3 is 2.24 bits per heavy atom. The molecule has 0 spiro atoms. The summed E-state index contributed by atoms with van der Waals surface area (Å²) in [4.78, 5) is 24.7. The molecule has 1 N–H and O–H groups in total. The molecule has 1 amide bonds. The van der Waals surface area contributed by atoms with Crippen LogP contribution in [0.2, 0.25) is 0 Å². The van der Waals surface area contributed by atoms with Crippen molar-refractivity contribution >= 4 is 17.7 Å². The molecular formula is C17H21N3O5. The number of carbonyl (C=O) groups excluding carboxylic acids is 2. The maximum absolute atomic E-state index is 12.7. The molecule has 0 radical (unpaired) electrons. The zero-order valence-electron chi connectivity index (χ0n) is 14.8. The van der Waals surface area contributed by atoms with Gasteiger partial charge in [-0.05, 0) is 25.0 Å². The molecule has 0 bridgehead atoms. The van der Waals surface area contributed by atoms with E-state index in [0.29, 0.717) is 5.69 Å². The molecule has 1 aromatic carbocycles. The number of amides is 1. The number of para-hydroxylation sites is 1. The number of nitrogens with one attached hydrogen (secondary N) is 1. The normalized spacial score (nSPS) is 10.8. The van der Waals surface area contributed by atoms with Gasteiger partial charge in [0.25, 0.3) is 0 Å². The van der Waals surface area contributed by atoms with Crippen LogP contribution in [0.25, 0.3) is 0 Å². The molecule has 0 aliphatic carbocycles. The van der Waals surface area contributed by atoms with Gasteiger partial charge >= 0.3 is 12.0 Å². The second kappa shape index (κ2) is 7.91. The average Bonchev–Trinajstić information content (AvgIpc) is 3.03. The van der Waals surface area contributed by atoms with E-state index in [1.54, 1.807) is 0 Å². The van der Waals surface area contributed by atoms with Gasteiger partial charge in [-0.2, -0.15) is 9.78 Å². The first kappa shape index (κ1) is 18.6. The molecule has 2 aromatic rings. The van der Waals surface area contributed by atoms with Crippen molar-refractivity contribution in [2.24, 2.45) is 0 Å².